The van der Waals surface area contributed by atoms with Crippen LogP contribution in [0.15, 0.2) is 30.6 Å². The van der Waals surface area contributed by atoms with Gasteiger partial charge in [-0.25, -0.2) is 4.98 Å². The number of ether oxygens (including phenoxy) is 2. The normalized spacial score (nSPS) is 16.2. The molecule has 8 heteroatoms. The van der Waals surface area contributed by atoms with Gasteiger partial charge in [0.05, 0.1) is 18.1 Å². The summed E-state index contributed by atoms with van der Waals surface area (Å²) in [5.41, 5.74) is 1.83. The van der Waals surface area contributed by atoms with Crippen LogP contribution in [-0.2, 0) is 0 Å². The van der Waals surface area contributed by atoms with Crippen molar-refractivity contribution in [2.24, 2.45) is 0 Å². The average Bonchev–Trinajstić information content (AvgIpc) is 3.09. The van der Waals surface area contributed by atoms with Gasteiger partial charge in [-0.3, -0.25) is 9.88 Å². The number of fused-ring (bicyclic) bond motifs is 1. The van der Waals surface area contributed by atoms with E-state index in [4.69, 9.17) is 9.47 Å². The molecule has 142 valence electrons. The van der Waals surface area contributed by atoms with Crippen molar-refractivity contribution in [3.05, 3.63) is 30.6 Å². The van der Waals surface area contributed by atoms with Crippen molar-refractivity contribution in [3.63, 3.8) is 0 Å². The Morgan fingerprint density at radius 3 is 2.31 bits per heavy atom. The van der Waals surface area contributed by atoms with Gasteiger partial charge in [-0.1, -0.05) is 0 Å². The molecule has 2 aliphatic rings. The molecular formula is C18H24Cl2N4O2. The lowest BCUT2D eigenvalue weighted by Crippen LogP contribution is -2.49. The van der Waals surface area contributed by atoms with Gasteiger partial charge in [0, 0.05) is 37.8 Å². The Balaban J connectivity index is 0.00000121. The summed E-state index contributed by atoms with van der Waals surface area (Å²) >= 11 is 0. The van der Waals surface area contributed by atoms with E-state index in [-0.39, 0.29) is 31.6 Å². The molecule has 1 saturated heterocycles. The van der Waals surface area contributed by atoms with E-state index in [9.17, 15) is 0 Å². The van der Waals surface area contributed by atoms with Crippen molar-refractivity contribution >= 4 is 30.6 Å². The lowest BCUT2D eigenvalue weighted by molar-refractivity contribution is 0.174. The molecule has 1 aromatic carbocycles. The van der Waals surface area contributed by atoms with Crippen LogP contribution in [0.4, 0.5) is 5.82 Å². The summed E-state index contributed by atoms with van der Waals surface area (Å²) in [5, 5.41) is 0. The van der Waals surface area contributed by atoms with E-state index in [0.717, 1.165) is 54.8 Å². The first-order valence-corrected chi connectivity index (χ1v) is 8.42. The number of nitrogens with zero attached hydrogens (tertiary/aromatic N) is 4. The van der Waals surface area contributed by atoms with E-state index >= 15 is 0 Å². The Labute approximate surface area is 166 Å². The molecule has 6 nitrogen and oxygen atoms in total. The molecule has 0 N–H and O–H groups in total. The highest BCUT2D eigenvalue weighted by Gasteiger charge is 2.20. The average molecular weight is 399 g/mol. The molecule has 0 radical (unpaired) electrons. The van der Waals surface area contributed by atoms with Gasteiger partial charge in [-0.15, -0.1) is 24.8 Å². The third-order valence-corrected chi connectivity index (χ3v) is 4.68. The minimum atomic E-state index is 0. The maximum absolute atomic E-state index is 5.43. The Morgan fingerprint density at radius 1 is 0.923 bits per heavy atom. The van der Waals surface area contributed by atoms with E-state index in [2.05, 4.69) is 33.6 Å². The minimum absolute atomic E-state index is 0. The molecule has 2 aromatic rings. The molecule has 3 heterocycles. The van der Waals surface area contributed by atoms with Crippen molar-refractivity contribution in [1.29, 1.82) is 0 Å². The molecule has 0 amide bonds. The second-order valence-electron chi connectivity index (χ2n) is 6.44. The largest absolute Gasteiger partial charge is 0.454 e. The fraction of sp³-hybridized carbons (Fsp3) is 0.444. The molecule has 1 aromatic heterocycles. The first kappa shape index (κ1) is 20.6. The van der Waals surface area contributed by atoms with Crippen LogP contribution < -0.4 is 14.4 Å². The lowest BCUT2D eigenvalue weighted by atomic mass is 10.1. The van der Waals surface area contributed by atoms with E-state index in [1.165, 1.54) is 0 Å². The predicted octanol–water partition coefficient (Wildman–Crippen LogP) is 3.25. The van der Waals surface area contributed by atoms with Gasteiger partial charge < -0.3 is 14.4 Å². The Hall–Kier alpha value is -1.76. The predicted molar refractivity (Wildman–Crippen MR) is 107 cm³/mol. The fourth-order valence-electron chi connectivity index (χ4n) is 3.16. The molecule has 26 heavy (non-hydrogen) atoms. The summed E-state index contributed by atoms with van der Waals surface area (Å²) in [5.74, 6) is 2.50. The van der Waals surface area contributed by atoms with Crippen molar-refractivity contribution in [2.75, 3.05) is 37.9 Å². The number of halogens is 2. The second kappa shape index (κ2) is 8.75. The van der Waals surface area contributed by atoms with Crippen molar-refractivity contribution in [3.8, 4) is 22.8 Å². The van der Waals surface area contributed by atoms with Gasteiger partial charge in [0.1, 0.15) is 5.82 Å². The van der Waals surface area contributed by atoms with Crippen LogP contribution in [0.3, 0.4) is 0 Å². The van der Waals surface area contributed by atoms with Gasteiger partial charge in [0.2, 0.25) is 6.79 Å². The molecule has 0 saturated carbocycles. The van der Waals surface area contributed by atoms with E-state index in [1.807, 2.05) is 30.6 Å². The zero-order valence-electron chi connectivity index (χ0n) is 14.9. The van der Waals surface area contributed by atoms with Crippen molar-refractivity contribution in [2.45, 2.75) is 19.9 Å². The number of rotatable bonds is 3. The van der Waals surface area contributed by atoms with Crippen LogP contribution in [-0.4, -0.2) is 53.9 Å². The number of hydrogen-bond donors (Lipinski definition) is 0. The second-order valence-corrected chi connectivity index (χ2v) is 6.44. The molecule has 4 rings (SSSR count). The molecule has 1 fully saturated rings. The third kappa shape index (κ3) is 4.14. The molecule has 0 spiro atoms. The molecule has 0 atom stereocenters. The van der Waals surface area contributed by atoms with Crippen LogP contribution in [0, 0.1) is 0 Å². The van der Waals surface area contributed by atoms with Crippen LogP contribution in [0.1, 0.15) is 13.8 Å². The highest BCUT2D eigenvalue weighted by Crippen LogP contribution is 2.35. The summed E-state index contributed by atoms with van der Waals surface area (Å²) in [6.07, 6.45) is 3.70. The number of aromatic nitrogens is 2. The van der Waals surface area contributed by atoms with Crippen LogP contribution in [0.5, 0.6) is 11.5 Å². The molecule has 2 aliphatic heterocycles. The summed E-state index contributed by atoms with van der Waals surface area (Å²) in [6.45, 7) is 8.91. The van der Waals surface area contributed by atoms with E-state index < -0.39 is 0 Å². The standard InChI is InChI=1S/C18H22N4O2.2ClH/c1-13(2)21-5-7-22(8-6-21)18-11-19-15(10-20-18)14-3-4-16-17(9-14)24-12-23-16;;/h3-4,9-11,13H,5-8,12H2,1-2H3;2*1H. The summed E-state index contributed by atoms with van der Waals surface area (Å²) in [7, 11) is 0. The van der Waals surface area contributed by atoms with Gasteiger partial charge in [-0.2, -0.15) is 0 Å². The summed E-state index contributed by atoms with van der Waals surface area (Å²) < 4.78 is 10.8. The zero-order chi connectivity index (χ0) is 16.5. The zero-order valence-corrected chi connectivity index (χ0v) is 16.6. The first-order valence-electron chi connectivity index (χ1n) is 8.42. The first-order chi connectivity index (χ1) is 11.7. The SMILES string of the molecule is CC(C)N1CCN(c2cnc(-c3ccc4c(c3)OCO4)cn2)CC1.Cl.Cl. The van der Waals surface area contributed by atoms with Crippen LogP contribution in [0.25, 0.3) is 11.3 Å². The Morgan fingerprint density at radius 2 is 1.65 bits per heavy atom. The smallest absolute Gasteiger partial charge is 0.231 e. The Kier molecular flexibility index (Phi) is 6.92. The Bertz CT molecular complexity index is 720. The number of benzene rings is 1. The number of piperazine rings is 1. The third-order valence-electron chi connectivity index (χ3n) is 4.68. The quantitative estimate of drug-likeness (QED) is 0.790. The van der Waals surface area contributed by atoms with Crippen LogP contribution in [0.2, 0.25) is 0 Å². The van der Waals surface area contributed by atoms with Crippen LogP contribution >= 0.6 is 24.8 Å². The minimum Gasteiger partial charge on any atom is -0.454 e. The fourth-order valence-corrected chi connectivity index (χ4v) is 3.16. The topological polar surface area (TPSA) is 50.7 Å². The van der Waals surface area contributed by atoms with E-state index in [1.54, 1.807) is 0 Å². The maximum Gasteiger partial charge on any atom is 0.231 e. The van der Waals surface area contributed by atoms with E-state index in [0.29, 0.717) is 6.04 Å². The van der Waals surface area contributed by atoms with Gasteiger partial charge >= 0.3 is 0 Å². The van der Waals surface area contributed by atoms with Crippen molar-refractivity contribution in [1.82, 2.24) is 14.9 Å². The molecule has 0 bridgehead atoms. The van der Waals surface area contributed by atoms with Gasteiger partial charge in [0.25, 0.3) is 0 Å². The highest BCUT2D eigenvalue weighted by atomic mass is 35.5. The molecule has 0 unspecified atom stereocenters. The van der Waals surface area contributed by atoms with Gasteiger partial charge in [-0.05, 0) is 32.0 Å². The monoisotopic (exact) mass is 398 g/mol. The summed E-state index contributed by atoms with van der Waals surface area (Å²) in [6, 6.07) is 6.45. The number of hydrogen-bond acceptors (Lipinski definition) is 6. The maximum atomic E-state index is 5.43. The van der Waals surface area contributed by atoms with Crippen molar-refractivity contribution < 1.29 is 9.47 Å². The highest BCUT2D eigenvalue weighted by molar-refractivity contribution is 5.85. The van der Waals surface area contributed by atoms with Gasteiger partial charge in [0.15, 0.2) is 11.5 Å². The molecule has 0 aliphatic carbocycles. The lowest BCUT2D eigenvalue weighted by Gasteiger charge is -2.37. The summed E-state index contributed by atoms with van der Waals surface area (Å²) in [4.78, 5) is 14.0. The molecular weight excluding hydrogens is 375 g/mol. The number of anilines is 1.